The number of hydrogen-bond acceptors (Lipinski definition) is 6. The molecule has 2 aliphatic rings. The van der Waals surface area contributed by atoms with E-state index >= 15 is 0 Å². The lowest BCUT2D eigenvalue weighted by Crippen LogP contribution is -2.56. The predicted octanol–water partition coefficient (Wildman–Crippen LogP) is 3.37. The van der Waals surface area contributed by atoms with Gasteiger partial charge in [0.25, 0.3) is 0 Å². The minimum absolute atomic E-state index is 0.0455. The fourth-order valence-electron chi connectivity index (χ4n) is 4.65. The lowest BCUT2D eigenvalue weighted by atomic mass is 9.92. The number of benzene rings is 1. The monoisotopic (exact) mass is 427 g/mol. The van der Waals surface area contributed by atoms with Gasteiger partial charge in [0, 0.05) is 24.7 Å². The van der Waals surface area contributed by atoms with E-state index < -0.39 is 5.60 Å². The molecule has 31 heavy (non-hydrogen) atoms. The van der Waals surface area contributed by atoms with E-state index in [2.05, 4.69) is 32.6 Å². The summed E-state index contributed by atoms with van der Waals surface area (Å²) >= 11 is 0. The largest absolute Gasteiger partial charge is 0.444 e. The number of nitrogens with zero attached hydrogens (tertiary/aromatic N) is 3. The van der Waals surface area contributed by atoms with Crippen LogP contribution in [0.1, 0.15) is 45.6 Å². The van der Waals surface area contributed by atoms with Gasteiger partial charge in [0.05, 0.1) is 19.3 Å². The van der Waals surface area contributed by atoms with Crippen LogP contribution in [0.15, 0.2) is 30.6 Å². The SMILES string of the molecule is CC(C)(C)OC(=O)N1CCOC[C@@H]1[C@H]1CCC[C@H]1NCc1cccc(-c2ncn[nH]2)c1. The fourth-order valence-corrected chi connectivity index (χ4v) is 4.65. The molecule has 1 saturated heterocycles. The molecule has 1 aromatic heterocycles. The number of H-pyrrole nitrogens is 1. The number of amides is 1. The summed E-state index contributed by atoms with van der Waals surface area (Å²) in [6.07, 6.45) is 4.63. The summed E-state index contributed by atoms with van der Waals surface area (Å²) in [4.78, 5) is 19.0. The van der Waals surface area contributed by atoms with Crippen LogP contribution in [0.2, 0.25) is 0 Å². The van der Waals surface area contributed by atoms with Gasteiger partial charge in [-0.15, -0.1) is 0 Å². The third-order valence-corrected chi connectivity index (χ3v) is 6.04. The third-order valence-electron chi connectivity index (χ3n) is 6.04. The van der Waals surface area contributed by atoms with Crippen LogP contribution in [0.3, 0.4) is 0 Å². The van der Waals surface area contributed by atoms with Crippen LogP contribution in [0, 0.1) is 5.92 Å². The minimum atomic E-state index is -0.498. The average molecular weight is 428 g/mol. The summed E-state index contributed by atoms with van der Waals surface area (Å²) < 4.78 is 11.5. The Morgan fingerprint density at radius 3 is 3.00 bits per heavy atom. The molecule has 1 amide bonds. The highest BCUT2D eigenvalue weighted by atomic mass is 16.6. The van der Waals surface area contributed by atoms with Crippen molar-refractivity contribution < 1.29 is 14.3 Å². The molecule has 1 aliphatic heterocycles. The van der Waals surface area contributed by atoms with Crippen molar-refractivity contribution in [1.29, 1.82) is 0 Å². The Morgan fingerprint density at radius 1 is 1.35 bits per heavy atom. The number of morpholine rings is 1. The van der Waals surface area contributed by atoms with Gasteiger partial charge in [0.1, 0.15) is 11.9 Å². The van der Waals surface area contributed by atoms with Crippen molar-refractivity contribution in [2.75, 3.05) is 19.8 Å². The van der Waals surface area contributed by atoms with E-state index in [0.29, 0.717) is 31.7 Å². The van der Waals surface area contributed by atoms with Gasteiger partial charge in [0.15, 0.2) is 5.82 Å². The molecule has 8 nitrogen and oxygen atoms in total. The number of nitrogens with one attached hydrogen (secondary N) is 2. The molecule has 0 unspecified atom stereocenters. The molecular weight excluding hydrogens is 394 g/mol. The normalized spacial score (nSPS) is 24.4. The Kier molecular flexibility index (Phi) is 6.57. The number of aromatic amines is 1. The molecule has 168 valence electrons. The molecule has 0 bridgehead atoms. The van der Waals surface area contributed by atoms with Gasteiger partial charge < -0.3 is 19.7 Å². The first-order valence-electron chi connectivity index (χ1n) is 11.2. The average Bonchev–Trinajstić information content (AvgIpc) is 3.43. The maximum absolute atomic E-state index is 12.8. The molecule has 2 N–H and O–H groups in total. The first kappa shape index (κ1) is 21.8. The molecular formula is C23H33N5O3. The van der Waals surface area contributed by atoms with Crippen LogP contribution in [0.4, 0.5) is 4.79 Å². The van der Waals surface area contributed by atoms with Crippen molar-refractivity contribution in [1.82, 2.24) is 25.4 Å². The second-order valence-corrected chi connectivity index (χ2v) is 9.43. The number of carbonyl (C=O) groups excluding carboxylic acids is 1. The summed E-state index contributed by atoms with van der Waals surface area (Å²) in [5.41, 5.74) is 1.72. The summed E-state index contributed by atoms with van der Waals surface area (Å²) in [6, 6.07) is 8.71. The Labute approximate surface area is 183 Å². The lowest BCUT2D eigenvalue weighted by Gasteiger charge is -2.41. The maximum atomic E-state index is 12.8. The van der Waals surface area contributed by atoms with Crippen LogP contribution >= 0.6 is 0 Å². The van der Waals surface area contributed by atoms with Gasteiger partial charge in [0.2, 0.25) is 0 Å². The third kappa shape index (κ3) is 5.43. The molecule has 1 saturated carbocycles. The number of aromatic nitrogens is 3. The second kappa shape index (κ2) is 9.36. The first-order valence-corrected chi connectivity index (χ1v) is 11.2. The molecule has 2 heterocycles. The summed E-state index contributed by atoms with van der Waals surface area (Å²) in [5, 5.41) is 10.6. The van der Waals surface area contributed by atoms with Gasteiger partial charge in [-0.3, -0.25) is 5.10 Å². The van der Waals surface area contributed by atoms with Crippen LogP contribution in [0.25, 0.3) is 11.4 Å². The van der Waals surface area contributed by atoms with E-state index in [1.54, 1.807) is 0 Å². The quantitative estimate of drug-likeness (QED) is 0.760. The van der Waals surface area contributed by atoms with Crippen LogP contribution in [-0.4, -0.2) is 63.6 Å². The molecule has 3 atom stereocenters. The van der Waals surface area contributed by atoms with Gasteiger partial charge in [-0.25, -0.2) is 9.78 Å². The van der Waals surface area contributed by atoms with E-state index in [4.69, 9.17) is 9.47 Å². The maximum Gasteiger partial charge on any atom is 0.410 e. The number of ether oxygens (including phenoxy) is 2. The van der Waals surface area contributed by atoms with Crippen molar-refractivity contribution in [2.24, 2.45) is 5.92 Å². The molecule has 2 aromatic rings. The van der Waals surface area contributed by atoms with Gasteiger partial charge in [-0.05, 0) is 51.2 Å². The fraction of sp³-hybridized carbons (Fsp3) is 0.609. The second-order valence-electron chi connectivity index (χ2n) is 9.43. The van der Waals surface area contributed by atoms with Crippen molar-refractivity contribution in [2.45, 2.75) is 64.3 Å². The first-order chi connectivity index (χ1) is 14.9. The molecule has 8 heteroatoms. The van der Waals surface area contributed by atoms with Gasteiger partial charge in [-0.1, -0.05) is 24.6 Å². The van der Waals surface area contributed by atoms with Crippen LogP contribution < -0.4 is 5.32 Å². The number of hydrogen-bond donors (Lipinski definition) is 2. The highest BCUT2D eigenvalue weighted by Gasteiger charge is 2.41. The molecule has 4 rings (SSSR count). The Morgan fingerprint density at radius 2 is 2.23 bits per heavy atom. The number of carbonyl (C=O) groups is 1. The van der Waals surface area contributed by atoms with Crippen molar-refractivity contribution in [3.63, 3.8) is 0 Å². The van der Waals surface area contributed by atoms with E-state index in [1.165, 1.54) is 11.9 Å². The summed E-state index contributed by atoms with van der Waals surface area (Å²) in [7, 11) is 0. The summed E-state index contributed by atoms with van der Waals surface area (Å²) in [5.74, 6) is 1.12. The molecule has 2 fully saturated rings. The molecule has 1 aromatic carbocycles. The minimum Gasteiger partial charge on any atom is -0.444 e. The zero-order valence-corrected chi connectivity index (χ0v) is 18.6. The van der Waals surface area contributed by atoms with E-state index in [9.17, 15) is 4.79 Å². The van der Waals surface area contributed by atoms with Gasteiger partial charge in [-0.2, -0.15) is 5.10 Å². The van der Waals surface area contributed by atoms with Crippen molar-refractivity contribution >= 4 is 6.09 Å². The van der Waals surface area contributed by atoms with Gasteiger partial charge >= 0.3 is 6.09 Å². The Balaban J connectivity index is 1.41. The highest BCUT2D eigenvalue weighted by molar-refractivity contribution is 5.68. The standard InChI is InChI=1S/C23H33N5O3/c1-23(2,3)31-22(29)28-10-11-30-14-20(28)18-8-5-9-19(18)24-13-16-6-4-7-17(12-16)21-25-15-26-27-21/h4,6-7,12,15,18-20,24H,5,8-11,13-14H2,1-3H3,(H,25,26,27)/t18-,19+,20+/m0/s1. The topological polar surface area (TPSA) is 92.4 Å². The number of rotatable bonds is 5. The molecule has 1 aliphatic carbocycles. The highest BCUT2D eigenvalue weighted by Crippen LogP contribution is 2.33. The Bertz CT molecular complexity index is 864. The van der Waals surface area contributed by atoms with E-state index in [1.807, 2.05) is 37.8 Å². The summed E-state index contributed by atoms with van der Waals surface area (Å²) in [6.45, 7) is 8.22. The zero-order valence-electron chi connectivity index (χ0n) is 18.6. The smallest absolute Gasteiger partial charge is 0.410 e. The zero-order chi connectivity index (χ0) is 21.8. The van der Waals surface area contributed by atoms with E-state index in [0.717, 1.165) is 37.2 Å². The molecule has 0 radical (unpaired) electrons. The molecule has 0 spiro atoms. The van der Waals surface area contributed by atoms with Crippen molar-refractivity contribution in [3.8, 4) is 11.4 Å². The predicted molar refractivity (Wildman–Crippen MR) is 117 cm³/mol. The van der Waals surface area contributed by atoms with E-state index in [-0.39, 0.29) is 12.1 Å². The Hall–Kier alpha value is -2.45. The van der Waals surface area contributed by atoms with Crippen molar-refractivity contribution in [3.05, 3.63) is 36.2 Å². The lowest BCUT2D eigenvalue weighted by molar-refractivity contribution is -0.0487. The van der Waals surface area contributed by atoms with Crippen LogP contribution in [0.5, 0.6) is 0 Å². The van der Waals surface area contributed by atoms with Crippen LogP contribution in [-0.2, 0) is 16.0 Å².